The van der Waals surface area contributed by atoms with Crippen LogP contribution in [-0.4, -0.2) is 85.6 Å². The number of allylic oxidation sites excluding steroid dienone is 2. The Hall–Kier alpha value is -3.96. The van der Waals surface area contributed by atoms with Gasteiger partial charge in [0, 0.05) is 23.1 Å². The average molecular weight is 654 g/mol. The molecule has 16 heteroatoms. The van der Waals surface area contributed by atoms with Gasteiger partial charge in [-0.05, 0) is 76.7 Å². The molecule has 0 aromatic carbocycles. The first-order valence-electron chi connectivity index (χ1n) is 15.2. The molecule has 1 rings (SSSR count). The number of aryl methyl sites for hydroxylation is 3. The highest BCUT2D eigenvalue weighted by atomic mass is 16.4. The van der Waals surface area contributed by atoms with Gasteiger partial charge in [-0.2, -0.15) is 4.57 Å². The zero-order valence-electron chi connectivity index (χ0n) is 25.9. The Morgan fingerprint density at radius 1 is 0.630 bits per heavy atom. The van der Waals surface area contributed by atoms with Crippen LogP contribution in [0.4, 0.5) is 0 Å². The molecule has 0 aliphatic heterocycles. The van der Waals surface area contributed by atoms with Gasteiger partial charge >= 0.3 is 29.8 Å². The summed E-state index contributed by atoms with van der Waals surface area (Å²) in [5.41, 5.74) is 31.5. The number of carboxylic acid groups (broad SMARTS) is 5. The first-order chi connectivity index (χ1) is 21.5. The third kappa shape index (κ3) is 14.4. The minimum atomic E-state index is -1.19. The number of carbonyl (C=O) groups is 5. The van der Waals surface area contributed by atoms with Crippen LogP contribution < -0.4 is 33.2 Å². The zero-order chi connectivity index (χ0) is 35.0. The van der Waals surface area contributed by atoms with Gasteiger partial charge in [0.05, 0.1) is 0 Å². The smallest absolute Gasteiger partial charge is 0.320 e. The summed E-state index contributed by atoms with van der Waals surface area (Å²) in [5.74, 6) is -5.79. The SMILES string of the molecule is NC(CCCC=C(CCC(N)C(=O)O)c1c(CCC(N)C(=O)O)cc(CCC(N)C(=O)O)c[n+]1CCCCC(N)C(=O)O)C(=O)O. The van der Waals surface area contributed by atoms with Crippen LogP contribution in [0.2, 0.25) is 0 Å². The van der Waals surface area contributed by atoms with E-state index in [1.165, 1.54) is 0 Å². The maximum absolute atomic E-state index is 11.5. The summed E-state index contributed by atoms with van der Waals surface area (Å²) in [4.78, 5) is 56.8. The molecular weight excluding hydrogens is 604 g/mol. The van der Waals surface area contributed by atoms with E-state index in [2.05, 4.69) is 0 Å². The van der Waals surface area contributed by atoms with Gasteiger partial charge in [0.25, 0.3) is 0 Å². The van der Waals surface area contributed by atoms with E-state index in [-0.39, 0.29) is 51.4 Å². The van der Waals surface area contributed by atoms with Gasteiger partial charge in [-0.25, -0.2) is 0 Å². The Balaban J connectivity index is 3.70. The topological polar surface area (TPSA) is 320 Å². The Morgan fingerprint density at radius 2 is 1.09 bits per heavy atom. The molecule has 0 fully saturated rings. The van der Waals surface area contributed by atoms with Crippen molar-refractivity contribution >= 4 is 35.4 Å². The lowest BCUT2D eigenvalue weighted by atomic mass is 9.92. The number of hydrogen-bond acceptors (Lipinski definition) is 10. The number of unbranched alkanes of at least 4 members (excludes halogenated alkanes) is 2. The monoisotopic (exact) mass is 653 g/mol. The predicted molar refractivity (Wildman–Crippen MR) is 166 cm³/mol. The number of aromatic nitrogens is 1. The third-order valence-electron chi connectivity index (χ3n) is 7.63. The van der Waals surface area contributed by atoms with E-state index >= 15 is 0 Å². The first kappa shape index (κ1) is 40.1. The van der Waals surface area contributed by atoms with E-state index in [1.807, 2.05) is 22.9 Å². The van der Waals surface area contributed by atoms with Crippen LogP contribution in [0.3, 0.4) is 0 Å². The van der Waals surface area contributed by atoms with E-state index < -0.39 is 60.1 Å². The molecule has 0 saturated heterocycles. The number of nitrogens with two attached hydrogens (primary N) is 5. The average Bonchev–Trinajstić information content (AvgIpc) is 2.99. The zero-order valence-corrected chi connectivity index (χ0v) is 25.9. The van der Waals surface area contributed by atoms with Crippen molar-refractivity contribution in [3.63, 3.8) is 0 Å². The fourth-order valence-electron chi connectivity index (χ4n) is 4.81. The number of nitrogens with zero attached hydrogens (tertiary/aromatic N) is 1. The van der Waals surface area contributed by atoms with Gasteiger partial charge in [-0.15, -0.1) is 0 Å². The van der Waals surface area contributed by atoms with Gasteiger partial charge in [-0.3, -0.25) is 24.0 Å². The molecule has 0 spiro atoms. The molecule has 1 aromatic heterocycles. The Labute approximate surface area is 267 Å². The molecule has 0 aliphatic carbocycles. The number of hydrogen-bond donors (Lipinski definition) is 10. The van der Waals surface area contributed by atoms with Crippen molar-refractivity contribution in [1.29, 1.82) is 0 Å². The van der Waals surface area contributed by atoms with Gasteiger partial charge in [0.2, 0.25) is 5.69 Å². The lowest BCUT2D eigenvalue weighted by Crippen LogP contribution is -2.41. The van der Waals surface area contributed by atoms with Crippen molar-refractivity contribution in [1.82, 2.24) is 0 Å². The van der Waals surface area contributed by atoms with Crippen molar-refractivity contribution in [2.24, 2.45) is 28.7 Å². The summed E-state index contributed by atoms with van der Waals surface area (Å²) >= 11 is 0. The second-order valence-electron chi connectivity index (χ2n) is 11.4. The van der Waals surface area contributed by atoms with Gasteiger partial charge in [0.15, 0.2) is 6.20 Å². The highest BCUT2D eigenvalue weighted by Gasteiger charge is 2.26. The van der Waals surface area contributed by atoms with Crippen molar-refractivity contribution in [2.45, 2.75) is 114 Å². The highest BCUT2D eigenvalue weighted by Crippen LogP contribution is 2.26. The number of aliphatic carboxylic acids is 5. The van der Waals surface area contributed by atoms with Crippen molar-refractivity contribution in [3.05, 3.63) is 35.2 Å². The second-order valence-corrected chi connectivity index (χ2v) is 11.4. The normalized spacial score (nSPS) is 15.0. The second kappa shape index (κ2) is 20.2. The molecule has 258 valence electrons. The maximum Gasteiger partial charge on any atom is 0.320 e. The van der Waals surface area contributed by atoms with Crippen molar-refractivity contribution < 1.29 is 54.1 Å². The quantitative estimate of drug-likeness (QED) is 0.0492. The Kier molecular flexibility index (Phi) is 17.6. The third-order valence-corrected chi connectivity index (χ3v) is 7.63. The van der Waals surface area contributed by atoms with Crippen LogP contribution in [0.25, 0.3) is 5.57 Å². The van der Waals surface area contributed by atoms with Gasteiger partial charge < -0.3 is 54.2 Å². The lowest BCUT2D eigenvalue weighted by molar-refractivity contribution is -0.700. The van der Waals surface area contributed by atoms with E-state index in [1.54, 1.807) is 0 Å². The number of rotatable bonds is 24. The Morgan fingerprint density at radius 3 is 1.61 bits per heavy atom. The van der Waals surface area contributed by atoms with E-state index in [9.17, 15) is 39.3 Å². The van der Waals surface area contributed by atoms with Crippen molar-refractivity contribution in [2.75, 3.05) is 0 Å². The number of carboxylic acids is 5. The van der Waals surface area contributed by atoms with E-state index in [4.69, 9.17) is 38.9 Å². The van der Waals surface area contributed by atoms with Crippen LogP contribution in [0, 0.1) is 0 Å². The lowest BCUT2D eigenvalue weighted by Gasteiger charge is -2.17. The molecule has 0 bridgehead atoms. The summed E-state index contributed by atoms with van der Waals surface area (Å²) in [5, 5.41) is 46.4. The largest absolute Gasteiger partial charge is 0.480 e. The van der Waals surface area contributed by atoms with Gasteiger partial charge in [-0.1, -0.05) is 6.08 Å². The van der Waals surface area contributed by atoms with Crippen LogP contribution in [-0.2, 0) is 43.4 Å². The minimum Gasteiger partial charge on any atom is -0.480 e. The molecule has 1 heterocycles. The van der Waals surface area contributed by atoms with E-state index in [0.29, 0.717) is 49.1 Å². The van der Waals surface area contributed by atoms with Crippen LogP contribution in [0.1, 0.15) is 81.0 Å². The van der Waals surface area contributed by atoms with Gasteiger partial charge in [0.1, 0.15) is 36.8 Å². The van der Waals surface area contributed by atoms with E-state index in [0.717, 1.165) is 5.56 Å². The summed E-state index contributed by atoms with van der Waals surface area (Å²) in [6, 6.07) is -3.72. The fraction of sp³-hybridized carbons (Fsp3) is 0.600. The summed E-state index contributed by atoms with van der Waals surface area (Å²) in [6.45, 7) is 0.366. The molecule has 46 heavy (non-hydrogen) atoms. The van der Waals surface area contributed by atoms with Crippen LogP contribution in [0.5, 0.6) is 0 Å². The molecule has 0 aliphatic rings. The Bertz CT molecular complexity index is 1240. The molecular formula is C30H49N6O10+. The molecule has 0 saturated carbocycles. The van der Waals surface area contributed by atoms with Crippen LogP contribution in [0.15, 0.2) is 18.3 Å². The molecule has 15 N–H and O–H groups in total. The fourth-order valence-corrected chi connectivity index (χ4v) is 4.81. The standard InChI is InChI=1S/C30H48N6O10/c31-20(26(37)38)6-2-1-5-18(9-12-23(34)29(43)44)25-19(10-13-24(35)30(45)46)15-17(8-11-22(33)28(41)42)16-36(25)14-4-3-7-21(32)27(39)40/h5,15-16,20-24H,1-4,6-14,31-35H2,(H4-,37,38,39,40,41,42,43,44,45,46)/p+1. The maximum atomic E-state index is 11.5. The molecule has 5 atom stereocenters. The first-order valence-corrected chi connectivity index (χ1v) is 15.2. The number of pyridine rings is 1. The molecule has 0 radical (unpaired) electrons. The highest BCUT2D eigenvalue weighted by molar-refractivity contribution is 5.75. The molecule has 5 unspecified atom stereocenters. The van der Waals surface area contributed by atoms with Crippen LogP contribution >= 0.6 is 0 Å². The molecule has 1 aromatic rings. The predicted octanol–water partition coefficient (Wildman–Crippen LogP) is -0.597. The minimum absolute atomic E-state index is 0.0588. The summed E-state index contributed by atoms with van der Waals surface area (Å²) < 4.78 is 1.90. The summed E-state index contributed by atoms with van der Waals surface area (Å²) in [7, 11) is 0. The van der Waals surface area contributed by atoms with Crippen molar-refractivity contribution in [3.8, 4) is 0 Å². The molecule has 0 amide bonds. The molecule has 16 nitrogen and oxygen atoms in total. The summed E-state index contributed by atoms with van der Waals surface area (Å²) in [6.07, 6.45) is 6.81.